The second-order valence-corrected chi connectivity index (χ2v) is 4.59. The molecule has 2 aromatic carbocycles. The lowest BCUT2D eigenvalue weighted by Gasteiger charge is -2.07. The van der Waals surface area contributed by atoms with Crippen LogP contribution in [0.1, 0.15) is 11.4 Å². The SMILES string of the molecule is Nc1nc(Cc2ccccc2)nc(Nc2ccccc2)n1. The summed E-state index contributed by atoms with van der Waals surface area (Å²) in [5, 5.41) is 3.13. The van der Waals surface area contributed by atoms with Crippen LogP contribution in [-0.4, -0.2) is 15.0 Å². The summed E-state index contributed by atoms with van der Waals surface area (Å²) in [7, 11) is 0. The number of nitrogens with one attached hydrogen (secondary N) is 1. The summed E-state index contributed by atoms with van der Waals surface area (Å²) in [6.07, 6.45) is 0.622. The van der Waals surface area contributed by atoms with Crippen LogP contribution < -0.4 is 11.1 Å². The molecule has 21 heavy (non-hydrogen) atoms. The standard InChI is InChI=1S/C16H15N5/c17-15-19-14(11-12-7-3-1-4-8-12)20-16(21-15)18-13-9-5-2-6-10-13/h1-10H,11H2,(H3,17,18,19,20,21). The van der Waals surface area contributed by atoms with Crippen molar-refractivity contribution in [3.05, 3.63) is 72.1 Å². The Bertz CT molecular complexity index is 653. The van der Waals surface area contributed by atoms with Crippen molar-refractivity contribution in [2.24, 2.45) is 0 Å². The Morgan fingerprint density at radius 3 is 2.19 bits per heavy atom. The van der Waals surface area contributed by atoms with Gasteiger partial charge in [-0.15, -0.1) is 0 Å². The van der Waals surface area contributed by atoms with Crippen LogP contribution in [0.5, 0.6) is 0 Å². The van der Waals surface area contributed by atoms with E-state index in [2.05, 4.69) is 20.3 Å². The predicted molar refractivity (Wildman–Crippen MR) is 83.2 cm³/mol. The molecule has 1 aromatic heterocycles. The van der Waals surface area contributed by atoms with E-state index in [0.29, 0.717) is 18.2 Å². The van der Waals surface area contributed by atoms with E-state index in [0.717, 1.165) is 11.3 Å². The fourth-order valence-electron chi connectivity index (χ4n) is 2.00. The maximum absolute atomic E-state index is 5.76. The topological polar surface area (TPSA) is 76.7 Å². The Hall–Kier alpha value is -2.95. The summed E-state index contributed by atoms with van der Waals surface area (Å²) in [6.45, 7) is 0. The zero-order valence-corrected chi connectivity index (χ0v) is 11.4. The van der Waals surface area contributed by atoms with Gasteiger partial charge < -0.3 is 11.1 Å². The molecule has 0 aliphatic rings. The van der Waals surface area contributed by atoms with Gasteiger partial charge in [0.2, 0.25) is 11.9 Å². The Morgan fingerprint density at radius 2 is 1.48 bits per heavy atom. The van der Waals surface area contributed by atoms with E-state index in [1.54, 1.807) is 0 Å². The molecular weight excluding hydrogens is 262 g/mol. The quantitative estimate of drug-likeness (QED) is 0.766. The number of aromatic nitrogens is 3. The molecule has 5 heteroatoms. The van der Waals surface area contributed by atoms with E-state index in [-0.39, 0.29) is 5.95 Å². The van der Waals surface area contributed by atoms with Crippen LogP contribution >= 0.6 is 0 Å². The van der Waals surface area contributed by atoms with Crippen molar-refractivity contribution in [1.29, 1.82) is 0 Å². The molecule has 0 atom stereocenters. The molecule has 0 unspecified atom stereocenters. The number of nitrogen functional groups attached to an aromatic ring is 1. The van der Waals surface area contributed by atoms with Crippen molar-refractivity contribution in [1.82, 2.24) is 15.0 Å². The van der Waals surface area contributed by atoms with E-state index in [9.17, 15) is 0 Å². The highest BCUT2D eigenvalue weighted by molar-refractivity contribution is 5.53. The zero-order valence-electron chi connectivity index (χ0n) is 11.4. The van der Waals surface area contributed by atoms with Crippen LogP contribution in [-0.2, 0) is 6.42 Å². The number of para-hydroxylation sites is 1. The van der Waals surface area contributed by atoms with Crippen molar-refractivity contribution >= 4 is 17.6 Å². The number of hydrogen-bond donors (Lipinski definition) is 2. The third-order valence-corrected chi connectivity index (χ3v) is 2.93. The molecule has 0 radical (unpaired) electrons. The van der Waals surface area contributed by atoms with Gasteiger partial charge in [-0.25, -0.2) is 0 Å². The Kier molecular flexibility index (Phi) is 3.73. The third-order valence-electron chi connectivity index (χ3n) is 2.93. The molecule has 3 N–H and O–H groups in total. The Morgan fingerprint density at radius 1 is 0.810 bits per heavy atom. The number of hydrogen-bond acceptors (Lipinski definition) is 5. The van der Waals surface area contributed by atoms with Gasteiger partial charge >= 0.3 is 0 Å². The molecule has 104 valence electrons. The van der Waals surface area contributed by atoms with Gasteiger partial charge in [-0.05, 0) is 17.7 Å². The summed E-state index contributed by atoms with van der Waals surface area (Å²) >= 11 is 0. The van der Waals surface area contributed by atoms with Gasteiger partial charge in [0.1, 0.15) is 5.82 Å². The van der Waals surface area contributed by atoms with Gasteiger partial charge in [-0.2, -0.15) is 15.0 Å². The van der Waals surface area contributed by atoms with E-state index in [4.69, 9.17) is 5.73 Å². The molecule has 0 fully saturated rings. The molecule has 1 heterocycles. The Balaban J connectivity index is 1.83. The average molecular weight is 277 g/mol. The summed E-state index contributed by atoms with van der Waals surface area (Å²) in [5.41, 5.74) is 7.81. The number of nitrogens with zero attached hydrogens (tertiary/aromatic N) is 3. The highest BCUT2D eigenvalue weighted by Gasteiger charge is 2.05. The van der Waals surface area contributed by atoms with Crippen molar-refractivity contribution in [3.63, 3.8) is 0 Å². The van der Waals surface area contributed by atoms with Gasteiger partial charge in [-0.1, -0.05) is 48.5 Å². The summed E-state index contributed by atoms with van der Waals surface area (Å²) in [6, 6.07) is 19.7. The van der Waals surface area contributed by atoms with E-state index in [1.165, 1.54) is 0 Å². The highest BCUT2D eigenvalue weighted by atomic mass is 15.2. The lowest BCUT2D eigenvalue weighted by Crippen LogP contribution is -2.07. The normalized spacial score (nSPS) is 10.3. The fourth-order valence-corrected chi connectivity index (χ4v) is 2.00. The summed E-state index contributed by atoms with van der Waals surface area (Å²) in [5.74, 6) is 1.32. The molecule has 3 rings (SSSR count). The molecule has 0 spiro atoms. The van der Waals surface area contributed by atoms with Gasteiger partial charge in [0.25, 0.3) is 0 Å². The molecule has 5 nitrogen and oxygen atoms in total. The van der Waals surface area contributed by atoms with E-state index >= 15 is 0 Å². The van der Waals surface area contributed by atoms with Crippen molar-refractivity contribution in [2.75, 3.05) is 11.1 Å². The first-order chi connectivity index (χ1) is 10.3. The first-order valence-corrected chi connectivity index (χ1v) is 6.66. The second-order valence-electron chi connectivity index (χ2n) is 4.59. The molecule has 0 amide bonds. The minimum absolute atomic E-state index is 0.217. The number of anilines is 3. The third kappa shape index (κ3) is 3.54. The number of rotatable bonds is 4. The monoisotopic (exact) mass is 277 g/mol. The van der Waals surface area contributed by atoms with Crippen LogP contribution in [0.2, 0.25) is 0 Å². The number of benzene rings is 2. The minimum atomic E-state index is 0.217. The van der Waals surface area contributed by atoms with Gasteiger partial charge in [0, 0.05) is 12.1 Å². The molecule has 0 aliphatic heterocycles. The van der Waals surface area contributed by atoms with Gasteiger partial charge in [0.05, 0.1) is 0 Å². The Labute approximate surface area is 122 Å². The largest absolute Gasteiger partial charge is 0.368 e. The van der Waals surface area contributed by atoms with Crippen molar-refractivity contribution < 1.29 is 0 Å². The number of nitrogens with two attached hydrogens (primary N) is 1. The fraction of sp³-hybridized carbons (Fsp3) is 0.0625. The molecule has 3 aromatic rings. The molecular formula is C16H15N5. The molecule has 0 saturated carbocycles. The molecule has 0 aliphatic carbocycles. The second kappa shape index (κ2) is 6.00. The smallest absolute Gasteiger partial charge is 0.232 e. The van der Waals surface area contributed by atoms with Crippen LogP contribution in [0, 0.1) is 0 Å². The van der Waals surface area contributed by atoms with Gasteiger partial charge in [-0.3, -0.25) is 0 Å². The van der Waals surface area contributed by atoms with Crippen LogP contribution in [0.3, 0.4) is 0 Å². The average Bonchev–Trinajstić information content (AvgIpc) is 2.48. The maximum Gasteiger partial charge on any atom is 0.232 e. The molecule has 0 saturated heterocycles. The lowest BCUT2D eigenvalue weighted by molar-refractivity contribution is 0.936. The summed E-state index contributed by atoms with van der Waals surface area (Å²) in [4.78, 5) is 12.7. The lowest BCUT2D eigenvalue weighted by atomic mass is 10.1. The maximum atomic E-state index is 5.76. The van der Waals surface area contributed by atoms with Crippen molar-refractivity contribution in [2.45, 2.75) is 6.42 Å². The highest BCUT2D eigenvalue weighted by Crippen LogP contribution is 2.14. The van der Waals surface area contributed by atoms with Crippen LogP contribution in [0.15, 0.2) is 60.7 Å². The molecule has 0 bridgehead atoms. The van der Waals surface area contributed by atoms with Crippen LogP contribution in [0.25, 0.3) is 0 Å². The predicted octanol–water partition coefficient (Wildman–Crippen LogP) is 2.79. The van der Waals surface area contributed by atoms with E-state index < -0.39 is 0 Å². The van der Waals surface area contributed by atoms with E-state index in [1.807, 2.05) is 60.7 Å². The zero-order chi connectivity index (χ0) is 14.5. The van der Waals surface area contributed by atoms with Crippen molar-refractivity contribution in [3.8, 4) is 0 Å². The summed E-state index contributed by atoms with van der Waals surface area (Å²) < 4.78 is 0. The first-order valence-electron chi connectivity index (χ1n) is 6.66. The minimum Gasteiger partial charge on any atom is -0.368 e. The van der Waals surface area contributed by atoms with Crippen LogP contribution in [0.4, 0.5) is 17.6 Å². The van der Waals surface area contributed by atoms with Gasteiger partial charge in [0.15, 0.2) is 0 Å². The first kappa shape index (κ1) is 13.1.